The lowest BCUT2D eigenvalue weighted by molar-refractivity contribution is 0.0897. The zero-order valence-corrected chi connectivity index (χ0v) is 14.1. The minimum absolute atomic E-state index is 0.0394. The van der Waals surface area contributed by atoms with Gasteiger partial charge in [0.2, 0.25) is 0 Å². The van der Waals surface area contributed by atoms with E-state index in [2.05, 4.69) is 12.1 Å². The Morgan fingerprint density at radius 1 is 1.04 bits per heavy atom. The van der Waals surface area contributed by atoms with Crippen molar-refractivity contribution in [1.82, 2.24) is 0 Å². The van der Waals surface area contributed by atoms with Gasteiger partial charge in [0.15, 0.2) is 5.78 Å². The Labute approximate surface area is 137 Å². The number of carbonyl (C=O) groups is 1. The van der Waals surface area contributed by atoms with E-state index in [0.717, 1.165) is 34.6 Å². The number of ketones is 1. The molecule has 3 heteroatoms. The molecule has 2 aromatic rings. The third-order valence-corrected chi connectivity index (χ3v) is 4.89. The number of methoxy groups -OCH3 is 2. The molecule has 0 N–H and O–H groups in total. The molecule has 120 valence electrons. The number of hydrogen-bond acceptors (Lipinski definition) is 3. The fourth-order valence-electron chi connectivity index (χ4n) is 3.47. The lowest BCUT2D eigenvalue weighted by atomic mass is 9.72. The molecule has 0 radical (unpaired) electrons. The lowest BCUT2D eigenvalue weighted by Gasteiger charge is -2.30. The van der Waals surface area contributed by atoms with Crippen LogP contribution in [0.25, 0.3) is 0 Å². The van der Waals surface area contributed by atoms with Crippen molar-refractivity contribution in [2.45, 2.75) is 26.2 Å². The van der Waals surface area contributed by atoms with Gasteiger partial charge in [0.05, 0.1) is 14.2 Å². The third kappa shape index (κ3) is 2.72. The second-order valence-electron chi connectivity index (χ2n) is 6.22. The first-order valence-corrected chi connectivity index (χ1v) is 7.90. The maximum atomic E-state index is 12.8. The third-order valence-electron chi connectivity index (χ3n) is 4.89. The quantitative estimate of drug-likeness (QED) is 0.853. The van der Waals surface area contributed by atoms with Gasteiger partial charge in [0.1, 0.15) is 11.5 Å². The number of carbonyl (C=O) groups excluding carboxylic acids is 1. The van der Waals surface area contributed by atoms with Gasteiger partial charge in [-0.2, -0.15) is 0 Å². The minimum Gasteiger partial charge on any atom is -0.497 e. The number of hydrogen-bond donors (Lipinski definition) is 0. The maximum absolute atomic E-state index is 12.8. The van der Waals surface area contributed by atoms with Gasteiger partial charge in [0.25, 0.3) is 0 Å². The monoisotopic (exact) mass is 310 g/mol. The normalized spacial score (nSPS) is 20.1. The summed E-state index contributed by atoms with van der Waals surface area (Å²) in [6.45, 7) is 4.06. The van der Waals surface area contributed by atoms with Gasteiger partial charge in [-0.3, -0.25) is 4.79 Å². The van der Waals surface area contributed by atoms with Crippen molar-refractivity contribution >= 4 is 5.78 Å². The Hall–Kier alpha value is -2.29. The molecule has 23 heavy (non-hydrogen) atoms. The molecule has 0 heterocycles. The van der Waals surface area contributed by atoms with Gasteiger partial charge < -0.3 is 9.47 Å². The second kappa shape index (κ2) is 6.07. The molecule has 0 saturated heterocycles. The van der Waals surface area contributed by atoms with E-state index in [4.69, 9.17) is 9.47 Å². The Balaban J connectivity index is 1.99. The van der Waals surface area contributed by atoms with Crippen LogP contribution in [-0.2, 0) is 6.42 Å². The van der Waals surface area contributed by atoms with E-state index in [9.17, 15) is 4.79 Å². The molecule has 2 unspecified atom stereocenters. The molecule has 2 aromatic carbocycles. The Morgan fingerprint density at radius 3 is 2.48 bits per heavy atom. The first-order valence-electron chi connectivity index (χ1n) is 7.90. The molecule has 0 aromatic heterocycles. The summed E-state index contributed by atoms with van der Waals surface area (Å²) in [7, 11) is 3.31. The zero-order valence-electron chi connectivity index (χ0n) is 14.1. The van der Waals surface area contributed by atoms with Gasteiger partial charge in [-0.05, 0) is 54.2 Å². The summed E-state index contributed by atoms with van der Waals surface area (Å²) in [5.41, 5.74) is 4.21. The number of ether oxygens (including phenoxy) is 2. The number of benzene rings is 2. The molecule has 0 spiro atoms. The molecule has 3 nitrogen and oxygen atoms in total. The predicted octanol–water partition coefficient (Wildman–Crippen LogP) is 4.17. The van der Waals surface area contributed by atoms with E-state index in [1.54, 1.807) is 14.2 Å². The number of rotatable bonds is 3. The second-order valence-corrected chi connectivity index (χ2v) is 6.22. The van der Waals surface area contributed by atoms with E-state index in [-0.39, 0.29) is 17.6 Å². The van der Waals surface area contributed by atoms with E-state index in [0.29, 0.717) is 0 Å². The fourth-order valence-corrected chi connectivity index (χ4v) is 3.47. The first kappa shape index (κ1) is 15.6. The molecule has 1 aliphatic carbocycles. The van der Waals surface area contributed by atoms with E-state index < -0.39 is 0 Å². The molecule has 0 fully saturated rings. The average Bonchev–Trinajstić information content (AvgIpc) is 2.57. The molecule has 0 saturated carbocycles. The Kier molecular flexibility index (Phi) is 4.12. The van der Waals surface area contributed by atoms with Crippen molar-refractivity contribution in [2.75, 3.05) is 14.2 Å². The van der Waals surface area contributed by atoms with Crippen LogP contribution in [0.15, 0.2) is 36.4 Å². The SMILES string of the molecule is COc1ccc2c(c1)C(=O)C(C)C(c1ccc(OC)c(C)c1)C2. The van der Waals surface area contributed by atoms with Crippen molar-refractivity contribution < 1.29 is 14.3 Å². The zero-order chi connectivity index (χ0) is 16.6. The van der Waals surface area contributed by atoms with E-state index >= 15 is 0 Å². The van der Waals surface area contributed by atoms with Gasteiger partial charge >= 0.3 is 0 Å². The molecule has 0 bridgehead atoms. The van der Waals surface area contributed by atoms with Crippen LogP contribution in [0.1, 0.15) is 39.9 Å². The predicted molar refractivity (Wildman–Crippen MR) is 90.7 cm³/mol. The number of aryl methyl sites for hydroxylation is 1. The number of fused-ring (bicyclic) bond motifs is 1. The topological polar surface area (TPSA) is 35.5 Å². The van der Waals surface area contributed by atoms with Crippen molar-refractivity contribution in [1.29, 1.82) is 0 Å². The summed E-state index contributed by atoms with van der Waals surface area (Å²) in [5.74, 6) is 1.98. The van der Waals surface area contributed by atoms with E-state index in [1.807, 2.05) is 38.1 Å². The summed E-state index contributed by atoms with van der Waals surface area (Å²) in [6.07, 6.45) is 0.873. The lowest BCUT2D eigenvalue weighted by Crippen LogP contribution is -2.28. The van der Waals surface area contributed by atoms with Crippen LogP contribution in [0.4, 0.5) is 0 Å². The van der Waals surface area contributed by atoms with Gasteiger partial charge in [-0.25, -0.2) is 0 Å². The summed E-state index contributed by atoms with van der Waals surface area (Å²) in [6, 6.07) is 12.0. The van der Waals surface area contributed by atoms with E-state index in [1.165, 1.54) is 5.56 Å². The summed E-state index contributed by atoms with van der Waals surface area (Å²) in [5, 5.41) is 0. The molecular formula is C20H22O3. The standard InChI is InChI=1S/C20H22O3/c1-12-9-14(6-8-19(12)23-4)17-10-15-5-7-16(22-3)11-18(15)20(21)13(17)2/h5-9,11,13,17H,10H2,1-4H3. The van der Waals surface area contributed by atoms with Crippen LogP contribution >= 0.6 is 0 Å². The van der Waals surface area contributed by atoms with Crippen LogP contribution in [0.5, 0.6) is 11.5 Å². The molecular weight excluding hydrogens is 288 g/mol. The smallest absolute Gasteiger partial charge is 0.166 e. The number of Topliss-reactive ketones (excluding diaryl/α,β-unsaturated/α-hetero) is 1. The maximum Gasteiger partial charge on any atom is 0.166 e. The highest BCUT2D eigenvalue weighted by molar-refractivity contribution is 6.01. The molecule has 2 atom stereocenters. The van der Waals surface area contributed by atoms with Gasteiger partial charge in [0, 0.05) is 11.5 Å². The minimum atomic E-state index is -0.0394. The van der Waals surface area contributed by atoms with Crippen LogP contribution in [0.3, 0.4) is 0 Å². The highest BCUT2D eigenvalue weighted by Gasteiger charge is 2.33. The summed E-state index contributed by atoms with van der Waals surface area (Å²) in [4.78, 5) is 12.8. The molecule has 0 aliphatic heterocycles. The van der Waals surface area contributed by atoms with Crippen molar-refractivity contribution in [3.63, 3.8) is 0 Å². The van der Waals surface area contributed by atoms with Crippen LogP contribution < -0.4 is 9.47 Å². The highest BCUT2D eigenvalue weighted by atomic mass is 16.5. The fraction of sp³-hybridized carbons (Fsp3) is 0.350. The van der Waals surface area contributed by atoms with Crippen molar-refractivity contribution in [3.05, 3.63) is 58.7 Å². The van der Waals surface area contributed by atoms with Crippen molar-refractivity contribution in [2.24, 2.45) is 5.92 Å². The molecule has 3 rings (SSSR count). The first-order chi connectivity index (χ1) is 11.0. The molecule has 1 aliphatic rings. The summed E-state index contributed by atoms with van der Waals surface area (Å²) < 4.78 is 10.6. The Morgan fingerprint density at radius 2 is 1.83 bits per heavy atom. The highest BCUT2D eigenvalue weighted by Crippen LogP contribution is 2.39. The van der Waals surface area contributed by atoms with Crippen molar-refractivity contribution in [3.8, 4) is 11.5 Å². The average molecular weight is 310 g/mol. The van der Waals surface area contributed by atoms with Crippen LogP contribution in [0, 0.1) is 12.8 Å². The van der Waals surface area contributed by atoms with Crippen LogP contribution in [-0.4, -0.2) is 20.0 Å². The largest absolute Gasteiger partial charge is 0.497 e. The molecule has 0 amide bonds. The van der Waals surface area contributed by atoms with Crippen LogP contribution in [0.2, 0.25) is 0 Å². The summed E-state index contributed by atoms with van der Waals surface area (Å²) >= 11 is 0. The van der Waals surface area contributed by atoms with Gasteiger partial charge in [-0.1, -0.05) is 25.1 Å². The van der Waals surface area contributed by atoms with Gasteiger partial charge in [-0.15, -0.1) is 0 Å². The Bertz CT molecular complexity index is 749.